The lowest BCUT2D eigenvalue weighted by Gasteiger charge is -2.25. The number of rotatable bonds is 2. The summed E-state index contributed by atoms with van der Waals surface area (Å²) in [5, 5.41) is 0. The Morgan fingerprint density at radius 2 is 2.05 bits per heavy atom. The normalized spacial score (nSPS) is 16.3. The Labute approximate surface area is 126 Å². The molecule has 0 bridgehead atoms. The van der Waals surface area contributed by atoms with Crippen LogP contribution in [0.25, 0.3) is 0 Å². The predicted molar refractivity (Wildman–Crippen MR) is 88.2 cm³/mol. The first-order valence-corrected chi connectivity index (χ1v) is 7.40. The molecular formula is C19H20N2. The summed E-state index contributed by atoms with van der Waals surface area (Å²) in [6, 6.07) is 17.7. The van der Waals surface area contributed by atoms with Crippen LogP contribution in [0.4, 0.5) is 5.69 Å². The number of hydrogen-bond acceptors (Lipinski definition) is 2. The molecule has 0 saturated heterocycles. The second-order valence-electron chi connectivity index (χ2n) is 5.52. The minimum atomic E-state index is 0.404. The van der Waals surface area contributed by atoms with E-state index in [2.05, 4.69) is 66.1 Å². The van der Waals surface area contributed by atoms with E-state index in [0.717, 1.165) is 18.5 Å². The van der Waals surface area contributed by atoms with E-state index in [-0.39, 0.29) is 0 Å². The molecule has 1 aliphatic rings. The van der Waals surface area contributed by atoms with E-state index < -0.39 is 0 Å². The Hall–Kier alpha value is -2.24. The highest BCUT2D eigenvalue weighted by molar-refractivity contribution is 5.59. The maximum atomic E-state index is 5.44. The van der Waals surface area contributed by atoms with Crippen LogP contribution in [-0.2, 0) is 13.0 Å². The molecule has 0 amide bonds. The number of anilines is 1. The van der Waals surface area contributed by atoms with Crippen LogP contribution in [0.3, 0.4) is 0 Å². The molecule has 0 radical (unpaired) electrons. The van der Waals surface area contributed by atoms with Gasteiger partial charge in [-0.2, -0.15) is 0 Å². The van der Waals surface area contributed by atoms with Crippen LogP contribution >= 0.6 is 0 Å². The average molecular weight is 276 g/mol. The molecule has 2 nitrogen and oxygen atoms in total. The van der Waals surface area contributed by atoms with Crippen LogP contribution in [0.15, 0.2) is 48.5 Å². The summed E-state index contributed by atoms with van der Waals surface area (Å²) < 4.78 is 0. The molecule has 1 atom stereocenters. The summed E-state index contributed by atoms with van der Waals surface area (Å²) in [6.07, 6.45) is 1.13. The lowest BCUT2D eigenvalue weighted by Crippen LogP contribution is -2.28. The van der Waals surface area contributed by atoms with Crippen LogP contribution in [0.5, 0.6) is 0 Å². The molecule has 3 rings (SSSR count). The molecule has 2 aromatic carbocycles. The van der Waals surface area contributed by atoms with Crippen molar-refractivity contribution in [2.24, 2.45) is 5.73 Å². The van der Waals surface area contributed by atoms with Gasteiger partial charge in [0.2, 0.25) is 0 Å². The highest BCUT2D eigenvalue weighted by Gasteiger charge is 2.25. The third kappa shape index (κ3) is 2.94. The van der Waals surface area contributed by atoms with Gasteiger partial charge >= 0.3 is 0 Å². The smallest absolute Gasteiger partial charge is 0.0555 e. The molecule has 0 fully saturated rings. The Morgan fingerprint density at radius 3 is 2.90 bits per heavy atom. The summed E-state index contributed by atoms with van der Waals surface area (Å²) in [6.45, 7) is 3.62. The summed E-state index contributed by atoms with van der Waals surface area (Å²) in [4.78, 5) is 2.48. The molecule has 0 aromatic heterocycles. The van der Waals surface area contributed by atoms with Crippen LogP contribution in [0, 0.1) is 11.8 Å². The SMILES string of the molecule is CC1Cc2ccccc2N1Cc1cccc(C#CCN)c1. The number of nitrogens with two attached hydrogens (primary N) is 1. The average Bonchev–Trinajstić information content (AvgIpc) is 2.82. The lowest BCUT2D eigenvalue weighted by atomic mass is 10.1. The second-order valence-corrected chi connectivity index (χ2v) is 5.52. The van der Waals surface area contributed by atoms with Crippen molar-refractivity contribution in [1.82, 2.24) is 0 Å². The number of para-hydroxylation sites is 1. The summed E-state index contributed by atoms with van der Waals surface area (Å²) in [5.74, 6) is 6.02. The van der Waals surface area contributed by atoms with Gasteiger partial charge in [-0.1, -0.05) is 42.2 Å². The van der Waals surface area contributed by atoms with Gasteiger partial charge in [-0.15, -0.1) is 0 Å². The van der Waals surface area contributed by atoms with E-state index >= 15 is 0 Å². The zero-order chi connectivity index (χ0) is 14.7. The Balaban J connectivity index is 1.84. The maximum Gasteiger partial charge on any atom is 0.0555 e. The Kier molecular flexibility index (Phi) is 3.94. The van der Waals surface area contributed by atoms with Crippen molar-refractivity contribution in [2.45, 2.75) is 25.9 Å². The fraction of sp³-hybridized carbons (Fsp3) is 0.263. The summed E-state index contributed by atoms with van der Waals surface area (Å²) in [5.41, 5.74) is 10.6. The van der Waals surface area contributed by atoms with Crippen molar-refractivity contribution in [3.8, 4) is 11.8 Å². The van der Waals surface area contributed by atoms with Crippen LogP contribution in [0.2, 0.25) is 0 Å². The van der Waals surface area contributed by atoms with Gasteiger partial charge < -0.3 is 10.6 Å². The Morgan fingerprint density at radius 1 is 1.19 bits per heavy atom. The van der Waals surface area contributed by atoms with Gasteiger partial charge in [-0.3, -0.25) is 0 Å². The molecule has 2 heteroatoms. The zero-order valence-electron chi connectivity index (χ0n) is 12.3. The number of benzene rings is 2. The quantitative estimate of drug-likeness (QED) is 0.855. The molecule has 1 unspecified atom stereocenters. The van der Waals surface area contributed by atoms with Crippen molar-refractivity contribution in [3.05, 3.63) is 65.2 Å². The van der Waals surface area contributed by atoms with Crippen molar-refractivity contribution < 1.29 is 0 Å². The first-order chi connectivity index (χ1) is 10.3. The molecule has 1 heterocycles. The molecule has 21 heavy (non-hydrogen) atoms. The van der Waals surface area contributed by atoms with Crippen molar-refractivity contribution in [1.29, 1.82) is 0 Å². The molecule has 0 saturated carbocycles. The molecule has 2 aromatic rings. The number of fused-ring (bicyclic) bond motifs is 1. The summed E-state index contributed by atoms with van der Waals surface area (Å²) >= 11 is 0. The fourth-order valence-corrected chi connectivity index (χ4v) is 2.97. The van der Waals surface area contributed by atoms with E-state index in [0.29, 0.717) is 12.6 Å². The van der Waals surface area contributed by atoms with E-state index in [4.69, 9.17) is 5.73 Å². The molecule has 106 valence electrons. The highest BCUT2D eigenvalue weighted by Crippen LogP contribution is 2.33. The van der Waals surface area contributed by atoms with Gasteiger partial charge in [0, 0.05) is 23.8 Å². The van der Waals surface area contributed by atoms with Gasteiger partial charge in [-0.05, 0) is 42.7 Å². The molecular weight excluding hydrogens is 256 g/mol. The van der Waals surface area contributed by atoms with E-state index in [1.807, 2.05) is 6.07 Å². The van der Waals surface area contributed by atoms with Gasteiger partial charge in [-0.25, -0.2) is 0 Å². The van der Waals surface area contributed by atoms with E-state index in [1.54, 1.807) is 0 Å². The van der Waals surface area contributed by atoms with E-state index in [9.17, 15) is 0 Å². The van der Waals surface area contributed by atoms with Gasteiger partial charge in [0.15, 0.2) is 0 Å². The predicted octanol–water partition coefficient (Wildman–Crippen LogP) is 2.95. The first kappa shape index (κ1) is 13.7. The van der Waals surface area contributed by atoms with E-state index in [1.165, 1.54) is 16.8 Å². The van der Waals surface area contributed by atoms with Crippen molar-refractivity contribution in [3.63, 3.8) is 0 Å². The minimum absolute atomic E-state index is 0.404. The fourth-order valence-electron chi connectivity index (χ4n) is 2.97. The van der Waals surface area contributed by atoms with Crippen molar-refractivity contribution >= 4 is 5.69 Å². The zero-order valence-corrected chi connectivity index (χ0v) is 12.3. The molecule has 0 aliphatic carbocycles. The topological polar surface area (TPSA) is 29.3 Å². The number of nitrogens with zero attached hydrogens (tertiary/aromatic N) is 1. The van der Waals surface area contributed by atoms with Gasteiger partial charge in [0.1, 0.15) is 0 Å². The highest BCUT2D eigenvalue weighted by atomic mass is 15.2. The Bertz CT molecular complexity index is 694. The first-order valence-electron chi connectivity index (χ1n) is 7.40. The van der Waals surface area contributed by atoms with Crippen LogP contribution in [0.1, 0.15) is 23.6 Å². The molecule has 2 N–H and O–H groups in total. The third-order valence-electron chi connectivity index (χ3n) is 3.96. The summed E-state index contributed by atoms with van der Waals surface area (Å²) in [7, 11) is 0. The second kappa shape index (κ2) is 6.03. The van der Waals surface area contributed by atoms with Crippen molar-refractivity contribution in [2.75, 3.05) is 11.4 Å². The molecule has 1 aliphatic heterocycles. The van der Waals surface area contributed by atoms with Crippen LogP contribution in [-0.4, -0.2) is 12.6 Å². The monoisotopic (exact) mass is 276 g/mol. The third-order valence-corrected chi connectivity index (χ3v) is 3.96. The maximum absolute atomic E-state index is 5.44. The number of hydrogen-bond donors (Lipinski definition) is 1. The largest absolute Gasteiger partial charge is 0.364 e. The standard InChI is InChI=1S/C19H20N2/c1-15-12-18-9-2-3-10-19(18)21(15)14-17-7-4-6-16(13-17)8-5-11-20/h2-4,6-7,9-10,13,15H,11-12,14,20H2,1H3. The van der Waals surface area contributed by atoms with Crippen LogP contribution < -0.4 is 10.6 Å². The lowest BCUT2D eigenvalue weighted by molar-refractivity contribution is 0.672. The molecule has 0 spiro atoms. The van der Waals surface area contributed by atoms with Gasteiger partial charge in [0.25, 0.3) is 0 Å². The minimum Gasteiger partial charge on any atom is -0.364 e. The van der Waals surface area contributed by atoms with Gasteiger partial charge in [0.05, 0.1) is 6.54 Å².